The Hall–Kier alpha value is -1.61. The fourth-order valence-electron chi connectivity index (χ4n) is 1.41. The quantitative estimate of drug-likeness (QED) is 0.716. The van der Waals surface area contributed by atoms with E-state index in [0.717, 1.165) is 18.5 Å². The Bertz CT molecular complexity index is 357. The number of carbonyl (C=O) groups is 1. The SMILES string of the molecule is C=CCC(C)NCc1ccc(C(N)=O)cc1. The molecule has 0 radical (unpaired) electrons. The molecule has 1 aromatic rings. The maximum atomic E-state index is 10.9. The lowest BCUT2D eigenvalue weighted by Crippen LogP contribution is -2.24. The van der Waals surface area contributed by atoms with E-state index in [-0.39, 0.29) is 5.91 Å². The fourth-order valence-corrected chi connectivity index (χ4v) is 1.41. The van der Waals surface area contributed by atoms with Gasteiger partial charge in [0, 0.05) is 18.2 Å². The van der Waals surface area contributed by atoms with Crippen molar-refractivity contribution in [3.63, 3.8) is 0 Å². The van der Waals surface area contributed by atoms with E-state index in [1.807, 2.05) is 18.2 Å². The predicted octanol–water partition coefficient (Wildman–Crippen LogP) is 1.84. The van der Waals surface area contributed by atoms with Crippen LogP contribution in [0.1, 0.15) is 29.3 Å². The first kappa shape index (κ1) is 12.5. The van der Waals surface area contributed by atoms with Gasteiger partial charge >= 0.3 is 0 Å². The molecule has 0 bridgehead atoms. The lowest BCUT2D eigenvalue weighted by molar-refractivity contribution is 0.100. The highest BCUT2D eigenvalue weighted by Crippen LogP contribution is 2.04. The first-order chi connectivity index (χ1) is 7.63. The van der Waals surface area contributed by atoms with Crippen molar-refractivity contribution in [1.82, 2.24) is 5.32 Å². The Labute approximate surface area is 96.3 Å². The molecule has 0 fully saturated rings. The third-order valence-electron chi connectivity index (χ3n) is 2.41. The molecule has 16 heavy (non-hydrogen) atoms. The second kappa shape index (κ2) is 6.08. The minimum absolute atomic E-state index is 0.389. The van der Waals surface area contributed by atoms with Crippen molar-refractivity contribution in [1.29, 1.82) is 0 Å². The molecule has 0 aliphatic heterocycles. The van der Waals surface area contributed by atoms with Crippen LogP contribution in [0.3, 0.4) is 0 Å². The zero-order chi connectivity index (χ0) is 12.0. The number of nitrogens with two attached hydrogens (primary N) is 1. The van der Waals surface area contributed by atoms with Crippen LogP contribution in [-0.2, 0) is 6.54 Å². The molecule has 0 aromatic heterocycles. The molecule has 1 atom stereocenters. The van der Waals surface area contributed by atoms with Gasteiger partial charge in [0.15, 0.2) is 0 Å². The number of rotatable bonds is 6. The predicted molar refractivity (Wildman–Crippen MR) is 66.1 cm³/mol. The van der Waals surface area contributed by atoms with E-state index in [1.54, 1.807) is 12.1 Å². The zero-order valence-corrected chi connectivity index (χ0v) is 9.57. The van der Waals surface area contributed by atoms with Gasteiger partial charge in [-0.2, -0.15) is 0 Å². The maximum absolute atomic E-state index is 10.9. The molecule has 1 amide bonds. The molecular formula is C13H18N2O. The van der Waals surface area contributed by atoms with Crippen molar-refractivity contribution in [3.8, 4) is 0 Å². The summed E-state index contributed by atoms with van der Waals surface area (Å²) in [4.78, 5) is 10.9. The van der Waals surface area contributed by atoms with Crippen LogP contribution in [0.2, 0.25) is 0 Å². The molecule has 86 valence electrons. The molecule has 3 N–H and O–H groups in total. The number of primary amides is 1. The number of hydrogen-bond donors (Lipinski definition) is 2. The van der Waals surface area contributed by atoms with Gasteiger partial charge in [-0.25, -0.2) is 0 Å². The zero-order valence-electron chi connectivity index (χ0n) is 9.57. The van der Waals surface area contributed by atoms with Crippen LogP contribution in [0.5, 0.6) is 0 Å². The van der Waals surface area contributed by atoms with E-state index in [9.17, 15) is 4.79 Å². The summed E-state index contributed by atoms with van der Waals surface area (Å²) in [5.74, 6) is -0.389. The molecule has 3 nitrogen and oxygen atoms in total. The largest absolute Gasteiger partial charge is 0.366 e. The minimum Gasteiger partial charge on any atom is -0.366 e. The summed E-state index contributed by atoms with van der Waals surface area (Å²) in [5.41, 5.74) is 6.84. The van der Waals surface area contributed by atoms with Crippen LogP contribution in [0, 0.1) is 0 Å². The summed E-state index contributed by atoms with van der Waals surface area (Å²) in [7, 11) is 0. The summed E-state index contributed by atoms with van der Waals surface area (Å²) < 4.78 is 0. The van der Waals surface area contributed by atoms with Crippen LogP contribution >= 0.6 is 0 Å². The summed E-state index contributed by atoms with van der Waals surface area (Å²) in [6, 6.07) is 7.73. The summed E-state index contributed by atoms with van der Waals surface area (Å²) >= 11 is 0. The lowest BCUT2D eigenvalue weighted by atomic mass is 10.1. The smallest absolute Gasteiger partial charge is 0.248 e. The normalized spacial score (nSPS) is 12.1. The Morgan fingerprint density at radius 1 is 1.50 bits per heavy atom. The monoisotopic (exact) mass is 218 g/mol. The Morgan fingerprint density at radius 2 is 2.12 bits per heavy atom. The molecule has 0 saturated heterocycles. The van der Waals surface area contributed by atoms with E-state index in [4.69, 9.17) is 5.73 Å². The van der Waals surface area contributed by atoms with Crippen LogP contribution in [-0.4, -0.2) is 11.9 Å². The van der Waals surface area contributed by atoms with Gasteiger partial charge in [-0.3, -0.25) is 4.79 Å². The molecule has 3 heteroatoms. The molecule has 0 spiro atoms. The topological polar surface area (TPSA) is 55.1 Å². The van der Waals surface area contributed by atoms with Gasteiger partial charge in [0.1, 0.15) is 0 Å². The van der Waals surface area contributed by atoms with Gasteiger partial charge < -0.3 is 11.1 Å². The van der Waals surface area contributed by atoms with E-state index in [2.05, 4.69) is 18.8 Å². The molecule has 0 aliphatic rings. The van der Waals surface area contributed by atoms with Crippen molar-refractivity contribution in [3.05, 3.63) is 48.0 Å². The van der Waals surface area contributed by atoms with Gasteiger partial charge in [0.25, 0.3) is 0 Å². The van der Waals surface area contributed by atoms with E-state index in [0.29, 0.717) is 11.6 Å². The molecule has 1 aromatic carbocycles. The average Bonchev–Trinajstić information content (AvgIpc) is 2.27. The van der Waals surface area contributed by atoms with E-state index in [1.165, 1.54) is 0 Å². The molecule has 0 aliphatic carbocycles. The minimum atomic E-state index is -0.389. The highest BCUT2D eigenvalue weighted by Gasteiger charge is 2.01. The maximum Gasteiger partial charge on any atom is 0.248 e. The van der Waals surface area contributed by atoms with E-state index >= 15 is 0 Å². The summed E-state index contributed by atoms with van der Waals surface area (Å²) in [6.07, 6.45) is 2.84. The average molecular weight is 218 g/mol. The Morgan fingerprint density at radius 3 is 2.62 bits per heavy atom. The standard InChI is InChI=1S/C13H18N2O/c1-3-4-10(2)15-9-11-5-7-12(8-6-11)13(14)16/h3,5-8,10,15H,1,4,9H2,2H3,(H2,14,16). The number of carbonyl (C=O) groups excluding carboxylic acids is 1. The van der Waals surface area contributed by atoms with E-state index < -0.39 is 0 Å². The molecule has 1 unspecified atom stereocenters. The number of nitrogens with one attached hydrogen (secondary N) is 1. The van der Waals surface area contributed by atoms with Crippen LogP contribution < -0.4 is 11.1 Å². The fraction of sp³-hybridized carbons (Fsp3) is 0.308. The highest BCUT2D eigenvalue weighted by atomic mass is 16.1. The van der Waals surface area contributed by atoms with Crippen LogP contribution in [0.15, 0.2) is 36.9 Å². The Kier molecular flexibility index (Phi) is 4.73. The molecule has 1 rings (SSSR count). The van der Waals surface area contributed by atoms with Gasteiger partial charge in [-0.15, -0.1) is 6.58 Å². The summed E-state index contributed by atoms with van der Waals surface area (Å²) in [5, 5.41) is 3.36. The highest BCUT2D eigenvalue weighted by molar-refractivity contribution is 5.92. The van der Waals surface area contributed by atoms with Crippen molar-refractivity contribution in [2.75, 3.05) is 0 Å². The number of hydrogen-bond acceptors (Lipinski definition) is 2. The first-order valence-corrected chi connectivity index (χ1v) is 5.36. The molecular weight excluding hydrogens is 200 g/mol. The number of amides is 1. The van der Waals surface area contributed by atoms with Gasteiger partial charge in [0.2, 0.25) is 5.91 Å². The van der Waals surface area contributed by atoms with Crippen LogP contribution in [0.4, 0.5) is 0 Å². The van der Waals surface area contributed by atoms with Gasteiger partial charge in [-0.1, -0.05) is 18.2 Å². The second-order valence-electron chi connectivity index (χ2n) is 3.87. The third kappa shape index (κ3) is 3.87. The summed E-state index contributed by atoms with van der Waals surface area (Å²) in [6.45, 7) is 6.59. The molecule has 0 saturated carbocycles. The first-order valence-electron chi connectivity index (χ1n) is 5.36. The van der Waals surface area contributed by atoms with Gasteiger partial charge in [-0.05, 0) is 31.0 Å². The van der Waals surface area contributed by atoms with Crippen molar-refractivity contribution < 1.29 is 4.79 Å². The Balaban J connectivity index is 2.49. The van der Waals surface area contributed by atoms with Crippen molar-refractivity contribution >= 4 is 5.91 Å². The van der Waals surface area contributed by atoms with Crippen molar-refractivity contribution in [2.45, 2.75) is 25.9 Å². The second-order valence-corrected chi connectivity index (χ2v) is 3.87. The van der Waals surface area contributed by atoms with Crippen LogP contribution in [0.25, 0.3) is 0 Å². The van der Waals surface area contributed by atoms with Crippen molar-refractivity contribution in [2.24, 2.45) is 5.73 Å². The molecule has 0 heterocycles. The lowest BCUT2D eigenvalue weighted by Gasteiger charge is -2.11. The number of benzene rings is 1. The van der Waals surface area contributed by atoms with Gasteiger partial charge in [0.05, 0.1) is 0 Å². The third-order valence-corrected chi connectivity index (χ3v) is 2.41.